The fraction of sp³-hybridized carbons (Fsp3) is 0.611. The van der Waals surface area contributed by atoms with Crippen molar-refractivity contribution in [1.29, 1.82) is 0 Å². The van der Waals surface area contributed by atoms with E-state index in [-0.39, 0.29) is 18.7 Å². The molecule has 0 aromatic rings. The maximum absolute atomic E-state index is 14.4. The Hall–Kier alpha value is -1.61. The highest BCUT2D eigenvalue weighted by Gasteiger charge is 2.56. The lowest BCUT2D eigenvalue weighted by molar-refractivity contribution is -0.122. The van der Waals surface area contributed by atoms with Crippen LogP contribution in [0.25, 0.3) is 0 Å². The van der Waals surface area contributed by atoms with Crippen molar-refractivity contribution in [2.24, 2.45) is 21.8 Å². The molecule has 2 heterocycles. The number of amides is 1. The standard InChI is InChI=1S/C18H21F3N4OS/c19-13-5-11(23-8-10-7-18(10,20)21)6-14-16(13)17(26)25-15(24-14)9-27-12-1-3-22-4-2-12/h5-6,10,12,16,22H,1-4,7-9H2,(H,24,25,26). The first-order valence-corrected chi connectivity index (χ1v) is 10.2. The molecule has 1 amide bonds. The second kappa shape index (κ2) is 7.43. The number of amidine groups is 1. The van der Waals surface area contributed by atoms with Gasteiger partial charge in [0.2, 0.25) is 5.91 Å². The first-order valence-electron chi connectivity index (χ1n) is 9.14. The fourth-order valence-corrected chi connectivity index (χ4v) is 4.50. The Morgan fingerprint density at radius 2 is 2.04 bits per heavy atom. The van der Waals surface area contributed by atoms with Gasteiger partial charge in [-0.15, -0.1) is 0 Å². The molecular weight excluding hydrogens is 377 g/mol. The third-order valence-electron chi connectivity index (χ3n) is 5.14. The van der Waals surface area contributed by atoms with Crippen molar-refractivity contribution in [3.05, 3.63) is 23.7 Å². The van der Waals surface area contributed by atoms with Gasteiger partial charge in [0, 0.05) is 24.1 Å². The minimum Gasteiger partial charge on any atom is -0.317 e. The number of hydrogen-bond acceptors (Lipinski definition) is 5. The first-order chi connectivity index (χ1) is 12.9. The van der Waals surface area contributed by atoms with Gasteiger partial charge >= 0.3 is 0 Å². The molecular formula is C18H21F3N4OS. The molecule has 4 aliphatic rings. The van der Waals surface area contributed by atoms with Gasteiger partial charge in [-0.05, 0) is 38.1 Å². The Bertz CT molecular complexity index is 756. The number of thioether (sulfide) groups is 1. The minimum atomic E-state index is -2.65. The average Bonchev–Trinajstić information content (AvgIpc) is 3.25. The summed E-state index contributed by atoms with van der Waals surface area (Å²) >= 11 is 1.73. The molecule has 0 aromatic carbocycles. The van der Waals surface area contributed by atoms with Crippen LogP contribution in [0.15, 0.2) is 33.7 Å². The van der Waals surface area contributed by atoms with Crippen LogP contribution in [0, 0.1) is 11.8 Å². The number of nitrogens with zero attached hydrogens (tertiary/aromatic N) is 2. The lowest BCUT2D eigenvalue weighted by Gasteiger charge is -2.27. The molecule has 1 saturated heterocycles. The molecule has 2 N–H and O–H groups in total. The molecule has 9 heteroatoms. The monoisotopic (exact) mass is 398 g/mol. The summed E-state index contributed by atoms with van der Waals surface area (Å²) in [4.78, 5) is 20.8. The SMILES string of the molecule is O=C1NC(CSC2CCNCC2)=NC2=CC(=NCC3CC3(F)F)C=C(F)C12. The molecule has 27 heavy (non-hydrogen) atoms. The van der Waals surface area contributed by atoms with Crippen molar-refractivity contribution in [2.45, 2.75) is 30.4 Å². The smallest absolute Gasteiger partial charge is 0.253 e. The number of piperidine rings is 1. The molecule has 2 aliphatic heterocycles. The van der Waals surface area contributed by atoms with Gasteiger partial charge in [-0.25, -0.2) is 18.2 Å². The minimum absolute atomic E-state index is 0.0467. The lowest BCUT2D eigenvalue weighted by Crippen LogP contribution is -2.43. The van der Waals surface area contributed by atoms with E-state index in [0.29, 0.717) is 22.5 Å². The zero-order valence-electron chi connectivity index (χ0n) is 14.7. The van der Waals surface area contributed by atoms with Crippen LogP contribution < -0.4 is 10.6 Å². The van der Waals surface area contributed by atoms with Gasteiger partial charge in [0.1, 0.15) is 17.6 Å². The molecule has 2 unspecified atom stereocenters. The Morgan fingerprint density at radius 3 is 2.74 bits per heavy atom. The number of hydrogen-bond donors (Lipinski definition) is 2. The number of alkyl halides is 2. The van der Waals surface area contributed by atoms with E-state index in [1.165, 1.54) is 6.08 Å². The van der Waals surface area contributed by atoms with Gasteiger partial charge < -0.3 is 10.6 Å². The van der Waals surface area contributed by atoms with Gasteiger partial charge in [0.15, 0.2) is 0 Å². The molecule has 0 spiro atoms. The van der Waals surface area contributed by atoms with Crippen molar-refractivity contribution >= 4 is 29.2 Å². The number of fused-ring (bicyclic) bond motifs is 1. The van der Waals surface area contributed by atoms with Crippen molar-refractivity contribution in [1.82, 2.24) is 10.6 Å². The molecule has 2 atom stereocenters. The Kier molecular flexibility index (Phi) is 5.15. The van der Waals surface area contributed by atoms with Crippen molar-refractivity contribution < 1.29 is 18.0 Å². The van der Waals surface area contributed by atoms with Crippen LogP contribution >= 0.6 is 11.8 Å². The van der Waals surface area contributed by atoms with E-state index < -0.39 is 29.5 Å². The van der Waals surface area contributed by atoms with E-state index in [1.807, 2.05) is 0 Å². The van der Waals surface area contributed by atoms with Crippen LogP contribution in [0.5, 0.6) is 0 Å². The van der Waals surface area contributed by atoms with Crippen LogP contribution in [0.1, 0.15) is 19.3 Å². The summed E-state index contributed by atoms with van der Waals surface area (Å²) in [6, 6.07) is 0. The number of allylic oxidation sites excluding steroid dienone is 2. The number of carbonyl (C=O) groups excluding carboxylic acids is 1. The van der Waals surface area contributed by atoms with Gasteiger partial charge in [-0.3, -0.25) is 9.79 Å². The summed E-state index contributed by atoms with van der Waals surface area (Å²) < 4.78 is 40.3. The van der Waals surface area contributed by atoms with Crippen LogP contribution in [0.4, 0.5) is 13.2 Å². The second-order valence-electron chi connectivity index (χ2n) is 7.27. The highest BCUT2D eigenvalue weighted by Crippen LogP contribution is 2.48. The molecule has 4 rings (SSSR count). The molecule has 0 aromatic heterocycles. The van der Waals surface area contributed by atoms with E-state index in [2.05, 4.69) is 20.6 Å². The first kappa shape index (κ1) is 18.7. The lowest BCUT2D eigenvalue weighted by atomic mass is 9.94. The fourth-order valence-electron chi connectivity index (χ4n) is 3.40. The predicted octanol–water partition coefficient (Wildman–Crippen LogP) is 2.46. The summed E-state index contributed by atoms with van der Waals surface area (Å²) in [5, 5.41) is 6.50. The normalized spacial score (nSPS) is 31.6. The number of carbonyl (C=O) groups is 1. The number of halogens is 3. The van der Waals surface area contributed by atoms with Crippen LogP contribution in [0.3, 0.4) is 0 Å². The molecule has 0 bridgehead atoms. The van der Waals surface area contributed by atoms with Crippen LogP contribution in [0.2, 0.25) is 0 Å². The van der Waals surface area contributed by atoms with Crippen molar-refractivity contribution in [2.75, 3.05) is 25.4 Å². The highest BCUT2D eigenvalue weighted by molar-refractivity contribution is 8.00. The molecule has 2 aliphatic carbocycles. The molecule has 1 saturated carbocycles. The number of aliphatic imine (C=N–C) groups is 2. The summed E-state index contributed by atoms with van der Waals surface area (Å²) in [7, 11) is 0. The maximum atomic E-state index is 14.4. The summed E-state index contributed by atoms with van der Waals surface area (Å²) in [6.07, 6.45) is 4.63. The van der Waals surface area contributed by atoms with Gasteiger partial charge in [-0.2, -0.15) is 11.8 Å². The summed E-state index contributed by atoms with van der Waals surface area (Å²) in [5.41, 5.74) is 0.547. The van der Waals surface area contributed by atoms with Crippen molar-refractivity contribution in [3.8, 4) is 0 Å². The summed E-state index contributed by atoms with van der Waals surface area (Å²) in [6.45, 7) is 1.92. The third kappa shape index (κ3) is 4.29. The zero-order chi connectivity index (χ0) is 19.0. The van der Waals surface area contributed by atoms with Crippen LogP contribution in [-0.2, 0) is 4.79 Å². The largest absolute Gasteiger partial charge is 0.317 e. The summed E-state index contributed by atoms with van der Waals surface area (Å²) in [5.74, 6) is -4.54. The Balaban J connectivity index is 1.45. The van der Waals surface area contributed by atoms with E-state index in [1.54, 1.807) is 11.8 Å². The Morgan fingerprint density at radius 1 is 1.30 bits per heavy atom. The zero-order valence-corrected chi connectivity index (χ0v) is 15.5. The van der Waals surface area contributed by atoms with E-state index in [9.17, 15) is 18.0 Å². The Labute approximate surface area is 159 Å². The molecule has 146 valence electrons. The molecule has 5 nitrogen and oxygen atoms in total. The van der Waals surface area contributed by atoms with Crippen LogP contribution in [-0.4, -0.2) is 54.0 Å². The molecule has 2 fully saturated rings. The topological polar surface area (TPSA) is 65.8 Å². The second-order valence-corrected chi connectivity index (χ2v) is 8.56. The van der Waals surface area contributed by atoms with Gasteiger partial charge in [0.05, 0.1) is 17.2 Å². The number of nitrogens with one attached hydrogen (secondary N) is 2. The van der Waals surface area contributed by atoms with Gasteiger partial charge in [0.25, 0.3) is 5.92 Å². The van der Waals surface area contributed by atoms with E-state index >= 15 is 0 Å². The predicted molar refractivity (Wildman–Crippen MR) is 100 cm³/mol. The van der Waals surface area contributed by atoms with Crippen molar-refractivity contribution in [3.63, 3.8) is 0 Å². The highest BCUT2D eigenvalue weighted by atomic mass is 32.2. The maximum Gasteiger partial charge on any atom is 0.253 e. The van der Waals surface area contributed by atoms with Gasteiger partial charge in [-0.1, -0.05) is 0 Å². The van der Waals surface area contributed by atoms with E-state index in [4.69, 9.17) is 0 Å². The molecule has 0 radical (unpaired) electrons. The number of rotatable bonds is 5. The average molecular weight is 398 g/mol. The van der Waals surface area contributed by atoms with E-state index in [0.717, 1.165) is 32.0 Å². The quantitative estimate of drug-likeness (QED) is 0.748. The third-order valence-corrected chi connectivity index (χ3v) is 6.52.